The number of hydroxylamine groups is 1. The molecule has 0 aliphatic carbocycles. The van der Waals surface area contributed by atoms with Gasteiger partial charge in [0.15, 0.2) is 0 Å². The number of nitrogens with one attached hydrogen (secondary N) is 1. The number of unbranched alkanes of at least 4 members (excludes halogenated alkanes) is 1. The molecule has 0 aliphatic rings. The first-order valence-corrected chi connectivity index (χ1v) is 7.49. The van der Waals surface area contributed by atoms with Gasteiger partial charge in [-0.1, -0.05) is 6.08 Å². The van der Waals surface area contributed by atoms with Crippen LogP contribution in [0, 0.1) is 0 Å². The predicted octanol–water partition coefficient (Wildman–Crippen LogP) is 1.84. The third-order valence-corrected chi connectivity index (χ3v) is 1.73. The summed E-state index contributed by atoms with van der Waals surface area (Å²) in [5.74, 6) is 0. The lowest BCUT2D eigenvalue weighted by molar-refractivity contribution is -0.107. The fourth-order valence-electron chi connectivity index (χ4n) is 0.507. The summed E-state index contributed by atoms with van der Waals surface area (Å²) in [5, 5.41) is 0. The van der Waals surface area contributed by atoms with Crippen molar-refractivity contribution in [3.05, 3.63) is 12.3 Å². The molecule has 12 heavy (non-hydrogen) atoms. The largest absolute Gasteiger partial charge is 0.323 e. The van der Waals surface area contributed by atoms with Gasteiger partial charge in [-0.25, -0.2) is 0 Å². The molecule has 0 radical (unpaired) electrons. The zero-order chi connectivity index (χ0) is 9.45. The molecular formula is C8H17NO2Si. The number of allylic oxidation sites excluding steroid dienone is 1. The summed E-state index contributed by atoms with van der Waals surface area (Å²) in [6.07, 6.45) is 5.87. The summed E-state index contributed by atoms with van der Waals surface area (Å²) in [5.41, 5.74) is 2.75. The van der Waals surface area contributed by atoms with E-state index >= 15 is 0 Å². The molecule has 0 spiro atoms. The van der Waals surface area contributed by atoms with Crippen molar-refractivity contribution in [3.63, 3.8) is 0 Å². The van der Waals surface area contributed by atoms with E-state index < -0.39 is 8.32 Å². The summed E-state index contributed by atoms with van der Waals surface area (Å²) in [6, 6.07) is 0. The number of carbonyl (C=O) groups is 1. The molecule has 0 aromatic rings. The van der Waals surface area contributed by atoms with Crippen molar-refractivity contribution in [2.75, 3.05) is 0 Å². The SMILES string of the molecule is C[Si](C)(C)ONC=CCCC=O. The van der Waals surface area contributed by atoms with Crippen LogP contribution in [-0.2, 0) is 9.32 Å². The van der Waals surface area contributed by atoms with Crippen LogP contribution in [0.15, 0.2) is 12.3 Å². The first-order valence-electron chi connectivity index (χ1n) is 4.08. The van der Waals surface area contributed by atoms with E-state index in [0.717, 1.165) is 12.7 Å². The van der Waals surface area contributed by atoms with E-state index in [0.29, 0.717) is 6.42 Å². The molecular weight excluding hydrogens is 170 g/mol. The lowest BCUT2D eigenvalue weighted by atomic mass is 10.3. The van der Waals surface area contributed by atoms with Crippen LogP contribution < -0.4 is 5.48 Å². The molecule has 0 heterocycles. The van der Waals surface area contributed by atoms with Crippen LogP contribution in [0.3, 0.4) is 0 Å². The molecule has 0 aromatic heterocycles. The summed E-state index contributed by atoms with van der Waals surface area (Å²) in [4.78, 5) is 9.92. The maximum atomic E-state index is 9.92. The normalized spacial score (nSPS) is 11.9. The fourth-order valence-corrected chi connectivity index (χ4v) is 0.928. The first-order chi connectivity index (χ1) is 5.56. The second kappa shape index (κ2) is 5.96. The summed E-state index contributed by atoms with van der Waals surface area (Å²) < 4.78 is 5.32. The van der Waals surface area contributed by atoms with Crippen molar-refractivity contribution in [3.8, 4) is 0 Å². The van der Waals surface area contributed by atoms with E-state index in [1.54, 1.807) is 6.20 Å². The number of rotatable bonds is 6. The molecule has 0 fully saturated rings. The van der Waals surface area contributed by atoms with Gasteiger partial charge in [0, 0.05) is 12.6 Å². The van der Waals surface area contributed by atoms with Gasteiger partial charge in [0.2, 0.25) is 8.32 Å². The molecule has 0 unspecified atom stereocenters. The second-order valence-corrected chi connectivity index (χ2v) is 7.91. The van der Waals surface area contributed by atoms with Gasteiger partial charge in [-0.05, 0) is 26.1 Å². The molecule has 0 amide bonds. The fraction of sp³-hybridized carbons (Fsp3) is 0.625. The lowest BCUT2D eigenvalue weighted by Crippen LogP contribution is -2.30. The van der Waals surface area contributed by atoms with Crippen LogP contribution in [-0.4, -0.2) is 14.6 Å². The van der Waals surface area contributed by atoms with Crippen molar-refractivity contribution >= 4 is 14.6 Å². The van der Waals surface area contributed by atoms with Crippen molar-refractivity contribution in [2.45, 2.75) is 32.5 Å². The van der Waals surface area contributed by atoms with Crippen LogP contribution in [0.2, 0.25) is 19.6 Å². The molecule has 0 atom stereocenters. The van der Waals surface area contributed by atoms with Gasteiger partial charge in [0.1, 0.15) is 6.29 Å². The van der Waals surface area contributed by atoms with Crippen molar-refractivity contribution in [1.29, 1.82) is 0 Å². The molecule has 70 valence electrons. The molecule has 0 bridgehead atoms. The summed E-state index contributed by atoms with van der Waals surface area (Å²) >= 11 is 0. The monoisotopic (exact) mass is 187 g/mol. The Morgan fingerprint density at radius 2 is 2.00 bits per heavy atom. The highest BCUT2D eigenvalue weighted by molar-refractivity contribution is 6.69. The van der Waals surface area contributed by atoms with E-state index in [4.69, 9.17) is 4.53 Å². The number of hydrogen-bond donors (Lipinski definition) is 1. The zero-order valence-corrected chi connectivity index (χ0v) is 8.96. The van der Waals surface area contributed by atoms with E-state index in [2.05, 4.69) is 25.1 Å². The quantitative estimate of drug-likeness (QED) is 0.298. The Labute approximate surface area is 74.9 Å². The average Bonchev–Trinajstić information content (AvgIpc) is 1.94. The van der Waals surface area contributed by atoms with Crippen LogP contribution in [0.4, 0.5) is 0 Å². The minimum atomic E-state index is -1.46. The lowest BCUT2D eigenvalue weighted by Gasteiger charge is -2.15. The Kier molecular flexibility index (Phi) is 5.66. The molecule has 3 nitrogen and oxygen atoms in total. The van der Waals surface area contributed by atoms with Crippen molar-refractivity contribution < 1.29 is 9.32 Å². The Morgan fingerprint density at radius 1 is 1.33 bits per heavy atom. The zero-order valence-electron chi connectivity index (χ0n) is 7.96. The first kappa shape index (κ1) is 11.4. The molecule has 0 saturated carbocycles. The predicted molar refractivity (Wildman–Crippen MR) is 52.0 cm³/mol. The van der Waals surface area contributed by atoms with E-state index in [1.165, 1.54) is 0 Å². The standard InChI is InChI=1S/C8H17NO2Si/c1-12(2,3)11-9-7-5-4-6-8-10/h5,7-9H,4,6H2,1-3H3. The Hall–Kier alpha value is -0.613. The highest BCUT2D eigenvalue weighted by Gasteiger charge is 2.13. The smallest absolute Gasteiger partial charge is 0.220 e. The van der Waals surface area contributed by atoms with Crippen LogP contribution in [0.25, 0.3) is 0 Å². The van der Waals surface area contributed by atoms with Gasteiger partial charge in [0.05, 0.1) is 0 Å². The van der Waals surface area contributed by atoms with Crippen LogP contribution in [0.1, 0.15) is 12.8 Å². The molecule has 1 N–H and O–H groups in total. The molecule has 0 rings (SSSR count). The molecule has 0 aromatic carbocycles. The third kappa shape index (κ3) is 9.39. The minimum absolute atomic E-state index is 0.575. The molecule has 4 heteroatoms. The van der Waals surface area contributed by atoms with Crippen LogP contribution in [0.5, 0.6) is 0 Å². The van der Waals surface area contributed by atoms with Gasteiger partial charge in [-0.2, -0.15) is 0 Å². The Bertz CT molecular complexity index is 152. The summed E-state index contributed by atoms with van der Waals surface area (Å²) in [6.45, 7) is 6.29. The van der Waals surface area contributed by atoms with Gasteiger partial charge in [0.25, 0.3) is 0 Å². The van der Waals surface area contributed by atoms with Crippen molar-refractivity contribution in [1.82, 2.24) is 5.48 Å². The number of hydrogen-bond acceptors (Lipinski definition) is 3. The third-order valence-electron chi connectivity index (χ3n) is 1.00. The highest BCUT2D eigenvalue weighted by atomic mass is 28.4. The molecule has 0 aliphatic heterocycles. The number of carbonyl (C=O) groups excluding carboxylic acids is 1. The van der Waals surface area contributed by atoms with E-state index in [-0.39, 0.29) is 0 Å². The maximum absolute atomic E-state index is 9.92. The van der Waals surface area contributed by atoms with Gasteiger partial charge < -0.3 is 9.32 Å². The van der Waals surface area contributed by atoms with Gasteiger partial charge >= 0.3 is 0 Å². The topological polar surface area (TPSA) is 38.3 Å². The van der Waals surface area contributed by atoms with Crippen LogP contribution >= 0.6 is 0 Å². The minimum Gasteiger partial charge on any atom is -0.323 e. The maximum Gasteiger partial charge on any atom is 0.220 e. The Balaban J connectivity index is 3.30. The van der Waals surface area contributed by atoms with Gasteiger partial charge in [-0.15, -0.1) is 0 Å². The Morgan fingerprint density at radius 3 is 2.50 bits per heavy atom. The van der Waals surface area contributed by atoms with Gasteiger partial charge in [-0.3, -0.25) is 5.48 Å². The highest BCUT2D eigenvalue weighted by Crippen LogP contribution is 1.98. The number of aldehydes is 1. The molecule has 0 saturated heterocycles. The van der Waals surface area contributed by atoms with Crippen molar-refractivity contribution in [2.24, 2.45) is 0 Å². The summed E-state index contributed by atoms with van der Waals surface area (Å²) in [7, 11) is -1.46. The van der Waals surface area contributed by atoms with E-state index in [1.807, 2.05) is 6.08 Å². The second-order valence-electron chi connectivity index (χ2n) is 3.48. The van der Waals surface area contributed by atoms with E-state index in [9.17, 15) is 4.79 Å². The average molecular weight is 187 g/mol.